The monoisotopic (exact) mass is 289 g/mol. The minimum absolute atomic E-state index is 0.0202. The van der Waals surface area contributed by atoms with Gasteiger partial charge < -0.3 is 16.0 Å². The molecule has 0 aliphatic heterocycles. The predicted molar refractivity (Wildman–Crippen MR) is 84.2 cm³/mol. The fourth-order valence-electron chi connectivity index (χ4n) is 2.60. The van der Waals surface area contributed by atoms with Gasteiger partial charge in [0.2, 0.25) is 11.8 Å². The standard InChI is InChI=1S/C16H23N3O2/c1-11(16(21)19-13-6-3-4-7-13)17-14-8-5-9-15(10-14)18-12(2)20/h5,8-11,13,17H,3-4,6-7H2,1-2H3,(H,18,20)(H,19,21)/t11-/m0/s1. The van der Waals surface area contributed by atoms with E-state index in [2.05, 4.69) is 16.0 Å². The summed E-state index contributed by atoms with van der Waals surface area (Å²) in [4.78, 5) is 23.2. The highest BCUT2D eigenvalue weighted by Crippen LogP contribution is 2.19. The normalized spacial score (nSPS) is 16.3. The number of hydrogen-bond donors (Lipinski definition) is 3. The molecule has 0 spiro atoms. The number of anilines is 2. The van der Waals surface area contributed by atoms with Gasteiger partial charge in [0.25, 0.3) is 0 Å². The summed E-state index contributed by atoms with van der Waals surface area (Å²) in [6.45, 7) is 3.31. The van der Waals surface area contributed by atoms with Crippen LogP contribution in [0.2, 0.25) is 0 Å². The van der Waals surface area contributed by atoms with Crippen LogP contribution in [0.4, 0.5) is 11.4 Å². The quantitative estimate of drug-likeness (QED) is 0.780. The van der Waals surface area contributed by atoms with Crippen LogP contribution >= 0.6 is 0 Å². The predicted octanol–water partition coefficient (Wildman–Crippen LogP) is 2.50. The summed E-state index contributed by atoms with van der Waals surface area (Å²) in [7, 11) is 0. The average Bonchev–Trinajstić information content (AvgIpc) is 2.91. The van der Waals surface area contributed by atoms with Crippen LogP contribution < -0.4 is 16.0 Å². The van der Waals surface area contributed by atoms with Crippen molar-refractivity contribution < 1.29 is 9.59 Å². The molecule has 21 heavy (non-hydrogen) atoms. The van der Waals surface area contributed by atoms with Crippen molar-refractivity contribution in [3.05, 3.63) is 24.3 Å². The fourth-order valence-corrected chi connectivity index (χ4v) is 2.60. The van der Waals surface area contributed by atoms with E-state index in [1.54, 1.807) is 0 Å². The van der Waals surface area contributed by atoms with Gasteiger partial charge in [-0.2, -0.15) is 0 Å². The van der Waals surface area contributed by atoms with Gasteiger partial charge in [-0.1, -0.05) is 18.9 Å². The van der Waals surface area contributed by atoms with E-state index in [0.29, 0.717) is 6.04 Å². The van der Waals surface area contributed by atoms with Crippen LogP contribution in [0.5, 0.6) is 0 Å². The molecule has 0 bridgehead atoms. The van der Waals surface area contributed by atoms with E-state index in [1.807, 2.05) is 31.2 Å². The van der Waals surface area contributed by atoms with Gasteiger partial charge in [0.15, 0.2) is 0 Å². The lowest BCUT2D eigenvalue weighted by Gasteiger charge is -2.19. The lowest BCUT2D eigenvalue weighted by molar-refractivity contribution is -0.122. The zero-order chi connectivity index (χ0) is 15.2. The maximum absolute atomic E-state index is 12.1. The van der Waals surface area contributed by atoms with E-state index in [-0.39, 0.29) is 17.9 Å². The minimum Gasteiger partial charge on any atom is -0.374 e. The summed E-state index contributed by atoms with van der Waals surface area (Å²) in [6.07, 6.45) is 4.56. The molecule has 5 nitrogen and oxygen atoms in total. The number of carbonyl (C=O) groups is 2. The Balaban J connectivity index is 1.90. The first kappa shape index (κ1) is 15.4. The van der Waals surface area contributed by atoms with Crippen molar-refractivity contribution in [2.45, 2.75) is 51.6 Å². The van der Waals surface area contributed by atoms with E-state index in [9.17, 15) is 9.59 Å². The Morgan fingerprint density at radius 3 is 2.52 bits per heavy atom. The molecule has 1 atom stereocenters. The smallest absolute Gasteiger partial charge is 0.242 e. The molecule has 0 saturated heterocycles. The summed E-state index contributed by atoms with van der Waals surface area (Å²) in [5.41, 5.74) is 1.53. The molecule has 114 valence electrons. The van der Waals surface area contributed by atoms with Crippen LogP contribution in [0.3, 0.4) is 0 Å². The molecule has 1 saturated carbocycles. The van der Waals surface area contributed by atoms with Crippen molar-refractivity contribution in [3.63, 3.8) is 0 Å². The highest BCUT2D eigenvalue weighted by molar-refractivity contribution is 5.89. The number of nitrogens with one attached hydrogen (secondary N) is 3. The molecule has 0 heterocycles. The van der Waals surface area contributed by atoms with Crippen molar-refractivity contribution in [2.75, 3.05) is 10.6 Å². The highest BCUT2D eigenvalue weighted by Gasteiger charge is 2.20. The van der Waals surface area contributed by atoms with Crippen LogP contribution in [0.15, 0.2) is 24.3 Å². The molecular formula is C16H23N3O2. The Hall–Kier alpha value is -2.04. The number of rotatable bonds is 5. The van der Waals surface area contributed by atoms with Crippen LogP contribution in [-0.2, 0) is 9.59 Å². The third-order valence-electron chi connectivity index (χ3n) is 3.66. The van der Waals surface area contributed by atoms with Gasteiger partial charge in [-0.3, -0.25) is 9.59 Å². The number of hydrogen-bond acceptors (Lipinski definition) is 3. The zero-order valence-corrected chi connectivity index (χ0v) is 12.6. The Morgan fingerprint density at radius 1 is 1.19 bits per heavy atom. The minimum atomic E-state index is -0.307. The number of benzene rings is 1. The maximum Gasteiger partial charge on any atom is 0.242 e. The van der Waals surface area contributed by atoms with E-state index < -0.39 is 0 Å². The summed E-state index contributed by atoms with van der Waals surface area (Å²) in [6, 6.07) is 7.38. The van der Waals surface area contributed by atoms with Crippen molar-refractivity contribution >= 4 is 23.2 Å². The van der Waals surface area contributed by atoms with Gasteiger partial charge in [0, 0.05) is 24.3 Å². The van der Waals surface area contributed by atoms with E-state index in [0.717, 1.165) is 24.2 Å². The molecule has 0 radical (unpaired) electrons. The van der Waals surface area contributed by atoms with Crippen molar-refractivity contribution in [3.8, 4) is 0 Å². The van der Waals surface area contributed by atoms with Gasteiger partial charge >= 0.3 is 0 Å². The largest absolute Gasteiger partial charge is 0.374 e. The zero-order valence-electron chi connectivity index (χ0n) is 12.6. The molecule has 1 fully saturated rings. The second-order valence-corrected chi connectivity index (χ2v) is 5.62. The molecule has 1 aromatic rings. The Morgan fingerprint density at radius 2 is 1.86 bits per heavy atom. The Bertz CT molecular complexity index is 510. The molecule has 2 amide bonds. The molecular weight excluding hydrogens is 266 g/mol. The molecule has 1 aromatic carbocycles. The second kappa shape index (κ2) is 7.11. The molecule has 1 aliphatic rings. The van der Waals surface area contributed by atoms with Gasteiger partial charge in [0.05, 0.1) is 0 Å². The first-order valence-electron chi connectivity index (χ1n) is 7.49. The van der Waals surface area contributed by atoms with Crippen molar-refractivity contribution in [1.29, 1.82) is 0 Å². The van der Waals surface area contributed by atoms with Gasteiger partial charge in [0.1, 0.15) is 6.04 Å². The molecule has 0 aromatic heterocycles. The average molecular weight is 289 g/mol. The molecule has 0 unspecified atom stereocenters. The lowest BCUT2D eigenvalue weighted by Crippen LogP contribution is -2.42. The number of amides is 2. The van der Waals surface area contributed by atoms with Gasteiger partial charge in [-0.05, 0) is 38.0 Å². The fraction of sp³-hybridized carbons (Fsp3) is 0.500. The third-order valence-corrected chi connectivity index (χ3v) is 3.66. The first-order valence-corrected chi connectivity index (χ1v) is 7.49. The highest BCUT2D eigenvalue weighted by atomic mass is 16.2. The molecule has 1 aliphatic carbocycles. The van der Waals surface area contributed by atoms with E-state index >= 15 is 0 Å². The van der Waals surface area contributed by atoms with Crippen LogP contribution in [0.1, 0.15) is 39.5 Å². The molecule has 5 heteroatoms. The van der Waals surface area contributed by atoms with Gasteiger partial charge in [-0.15, -0.1) is 0 Å². The topological polar surface area (TPSA) is 70.2 Å². The molecule has 2 rings (SSSR count). The SMILES string of the molecule is CC(=O)Nc1cccc(N[C@@H](C)C(=O)NC2CCCC2)c1. The summed E-state index contributed by atoms with van der Waals surface area (Å²) >= 11 is 0. The number of carbonyl (C=O) groups excluding carboxylic acids is 2. The Kier molecular flexibility index (Phi) is 5.20. The first-order chi connectivity index (χ1) is 10.0. The maximum atomic E-state index is 12.1. The molecule has 3 N–H and O–H groups in total. The summed E-state index contributed by atoms with van der Waals surface area (Å²) in [5, 5.41) is 8.97. The summed E-state index contributed by atoms with van der Waals surface area (Å²) < 4.78 is 0. The lowest BCUT2D eigenvalue weighted by atomic mass is 10.2. The van der Waals surface area contributed by atoms with Crippen LogP contribution in [0.25, 0.3) is 0 Å². The second-order valence-electron chi connectivity index (χ2n) is 5.62. The van der Waals surface area contributed by atoms with Crippen molar-refractivity contribution in [2.24, 2.45) is 0 Å². The van der Waals surface area contributed by atoms with E-state index in [1.165, 1.54) is 19.8 Å². The third kappa shape index (κ3) is 4.77. The van der Waals surface area contributed by atoms with E-state index in [4.69, 9.17) is 0 Å². The van der Waals surface area contributed by atoms with Gasteiger partial charge in [-0.25, -0.2) is 0 Å². The Labute approximate surface area is 125 Å². The summed E-state index contributed by atoms with van der Waals surface area (Å²) in [5.74, 6) is -0.0917. The van der Waals surface area contributed by atoms with Crippen molar-refractivity contribution in [1.82, 2.24) is 5.32 Å². The van der Waals surface area contributed by atoms with Crippen LogP contribution in [-0.4, -0.2) is 23.9 Å². The van der Waals surface area contributed by atoms with Crippen LogP contribution in [0, 0.1) is 0 Å².